The molecule has 1 aromatic carbocycles. The van der Waals surface area contributed by atoms with E-state index >= 15 is 0 Å². The summed E-state index contributed by atoms with van der Waals surface area (Å²) in [5.41, 5.74) is 0.932. The van der Waals surface area contributed by atoms with E-state index in [0.29, 0.717) is 16.9 Å². The molecule has 0 spiro atoms. The van der Waals surface area contributed by atoms with Crippen molar-refractivity contribution in [3.8, 4) is 0 Å². The predicted octanol–water partition coefficient (Wildman–Crippen LogP) is 1.88. The normalized spacial score (nSPS) is 15.7. The summed E-state index contributed by atoms with van der Waals surface area (Å²) in [5.74, 6) is 1.90. The number of hydrogen-bond acceptors (Lipinski definition) is 5. The monoisotopic (exact) mass is 275 g/mol. The standard InChI is InChI=1S/C13H13N3O2S/c17-12(18)9-2-1-3-11-10(9)8-14-13(15-11)16-4-6-19-7-5-16/h1-3,8H,4-7H2,(H,17,18). The van der Waals surface area contributed by atoms with Gasteiger partial charge in [0.05, 0.1) is 11.1 Å². The number of nitrogens with zero attached hydrogens (tertiary/aromatic N) is 3. The van der Waals surface area contributed by atoms with E-state index in [1.165, 1.54) is 0 Å². The van der Waals surface area contributed by atoms with E-state index in [4.69, 9.17) is 5.11 Å². The fourth-order valence-electron chi connectivity index (χ4n) is 2.15. The second kappa shape index (κ2) is 5.05. The lowest BCUT2D eigenvalue weighted by Gasteiger charge is -2.26. The highest BCUT2D eigenvalue weighted by Crippen LogP contribution is 2.21. The zero-order valence-electron chi connectivity index (χ0n) is 10.2. The van der Waals surface area contributed by atoms with Crippen molar-refractivity contribution >= 4 is 34.6 Å². The minimum Gasteiger partial charge on any atom is -0.478 e. The molecule has 0 aliphatic carbocycles. The lowest BCUT2D eigenvalue weighted by Crippen LogP contribution is -2.33. The van der Waals surface area contributed by atoms with Gasteiger partial charge < -0.3 is 10.0 Å². The van der Waals surface area contributed by atoms with E-state index in [-0.39, 0.29) is 5.56 Å². The van der Waals surface area contributed by atoms with E-state index in [9.17, 15) is 4.79 Å². The van der Waals surface area contributed by atoms with E-state index in [1.807, 2.05) is 17.8 Å². The maximum absolute atomic E-state index is 11.1. The fraction of sp³-hybridized carbons (Fsp3) is 0.308. The molecule has 0 amide bonds. The Morgan fingerprint density at radius 2 is 2.11 bits per heavy atom. The number of hydrogen-bond donors (Lipinski definition) is 1. The Kier molecular flexibility index (Phi) is 3.25. The van der Waals surface area contributed by atoms with Crippen molar-refractivity contribution in [1.82, 2.24) is 9.97 Å². The number of thioether (sulfide) groups is 1. The minimum absolute atomic E-state index is 0.248. The Morgan fingerprint density at radius 3 is 2.84 bits per heavy atom. The first-order valence-electron chi connectivity index (χ1n) is 6.07. The summed E-state index contributed by atoms with van der Waals surface area (Å²) in [6, 6.07) is 5.12. The molecule has 2 heterocycles. The summed E-state index contributed by atoms with van der Waals surface area (Å²) in [4.78, 5) is 22.1. The van der Waals surface area contributed by atoms with Gasteiger partial charge in [-0.05, 0) is 12.1 Å². The van der Waals surface area contributed by atoms with Crippen LogP contribution < -0.4 is 4.90 Å². The van der Waals surface area contributed by atoms with Gasteiger partial charge >= 0.3 is 5.97 Å². The van der Waals surface area contributed by atoms with Crippen molar-refractivity contribution in [1.29, 1.82) is 0 Å². The van der Waals surface area contributed by atoms with Crippen LogP contribution in [0.15, 0.2) is 24.4 Å². The van der Waals surface area contributed by atoms with Crippen molar-refractivity contribution in [2.45, 2.75) is 0 Å². The Balaban J connectivity index is 2.04. The number of carbonyl (C=O) groups is 1. The quantitative estimate of drug-likeness (QED) is 0.902. The van der Waals surface area contributed by atoms with Gasteiger partial charge in [0.2, 0.25) is 5.95 Å². The van der Waals surface area contributed by atoms with Crippen LogP contribution in [0.4, 0.5) is 5.95 Å². The third-order valence-corrected chi connectivity index (χ3v) is 4.08. The number of rotatable bonds is 2. The summed E-state index contributed by atoms with van der Waals surface area (Å²) in [6.07, 6.45) is 1.61. The van der Waals surface area contributed by atoms with Gasteiger partial charge in [-0.1, -0.05) is 6.07 Å². The van der Waals surface area contributed by atoms with Crippen molar-refractivity contribution < 1.29 is 9.90 Å². The van der Waals surface area contributed by atoms with E-state index in [1.54, 1.807) is 18.3 Å². The first-order valence-corrected chi connectivity index (χ1v) is 7.23. The summed E-state index contributed by atoms with van der Waals surface area (Å²) in [7, 11) is 0. The minimum atomic E-state index is -0.948. The highest BCUT2D eigenvalue weighted by Gasteiger charge is 2.15. The first kappa shape index (κ1) is 12.2. The second-order valence-corrected chi connectivity index (χ2v) is 5.54. The molecule has 0 bridgehead atoms. The maximum atomic E-state index is 11.1. The van der Waals surface area contributed by atoms with Crippen LogP contribution in [-0.2, 0) is 0 Å². The Hall–Kier alpha value is -1.82. The molecular weight excluding hydrogens is 262 g/mol. The molecule has 5 nitrogen and oxygen atoms in total. The molecule has 1 aliphatic rings. The zero-order chi connectivity index (χ0) is 13.2. The van der Waals surface area contributed by atoms with Crippen LogP contribution in [0.5, 0.6) is 0 Å². The average Bonchev–Trinajstić information content (AvgIpc) is 2.47. The Labute approximate surface area is 114 Å². The number of aromatic carboxylic acids is 1. The summed E-state index contributed by atoms with van der Waals surface area (Å²) < 4.78 is 0. The number of aromatic nitrogens is 2. The van der Waals surface area contributed by atoms with Gasteiger partial charge in [-0.3, -0.25) is 0 Å². The van der Waals surface area contributed by atoms with Crippen LogP contribution in [0, 0.1) is 0 Å². The largest absolute Gasteiger partial charge is 0.478 e. The average molecular weight is 275 g/mol. The molecule has 3 rings (SSSR count). The fourth-order valence-corrected chi connectivity index (χ4v) is 3.05. The predicted molar refractivity (Wildman–Crippen MR) is 76.0 cm³/mol. The molecule has 1 fully saturated rings. The van der Waals surface area contributed by atoms with Gasteiger partial charge in [-0.15, -0.1) is 0 Å². The molecule has 1 saturated heterocycles. The topological polar surface area (TPSA) is 66.3 Å². The van der Waals surface area contributed by atoms with Gasteiger partial charge in [-0.25, -0.2) is 14.8 Å². The molecule has 2 aromatic rings. The van der Waals surface area contributed by atoms with Crippen LogP contribution in [-0.4, -0.2) is 45.6 Å². The molecule has 1 N–H and O–H groups in total. The first-order chi connectivity index (χ1) is 9.25. The molecule has 19 heavy (non-hydrogen) atoms. The molecule has 6 heteroatoms. The zero-order valence-corrected chi connectivity index (χ0v) is 11.1. The number of carboxylic acids is 1. The Morgan fingerprint density at radius 1 is 1.32 bits per heavy atom. The maximum Gasteiger partial charge on any atom is 0.336 e. The third kappa shape index (κ3) is 2.35. The van der Waals surface area contributed by atoms with Gasteiger partial charge in [0.1, 0.15) is 0 Å². The lowest BCUT2D eigenvalue weighted by molar-refractivity contribution is 0.0699. The van der Waals surface area contributed by atoms with E-state index < -0.39 is 5.97 Å². The smallest absolute Gasteiger partial charge is 0.336 e. The van der Waals surface area contributed by atoms with E-state index in [0.717, 1.165) is 24.6 Å². The highest BCUT2D eigenvalue weighted by atomic mass is 32.2. The molecule has 0 unspecified atom stereocenters. The Bertz CT molecular complexity index is 626. The number of fused-ring (bicyclic) bond motifs is 1. The molecule has 0 atom stereocenters. The molecule has 0 saturated carbocycles. The number of benzene rings is 1. The highest BCUT2D eigenvalue weighted by molar-refractivity contribution is 7.99. The van der Waals surface area contributed by atoms with Crippen LogP contribution >= 0.6 is 11.8 Å². The van der Waals surface area contributed by atoms with Crippen LogP contribution in [0.1, 0.15) is 10.4 Å². The second-order valence-electron chi connectivity index (χ2n) is 4.31. The third-order valence-electron chi connectivity index (χ3n) is 3.14. The number of anilines is 1. The summed E-state index contributed by atoms with van der Waals surface area (Å²) >= 11 is 1.93. The lowest BCUT2D eigenvalue weighted by atomic mass is 10.1. The molecule has 1 aromatic heterocycles. The van der Waals surface area contributed by atoms with Crippen molar-refractivity contribution in [3.05, 3.63) is 30.0 Å². The van der Waals surface area contributed by atoms with Gasteiger partial charge in [0.15, 0.2) is 0 Å². The molecule has 1 aliphatic heterocycles. The van der Waals surface area contributed by atoms with Crippen LogP contribution in [0.25, 0.3) is 10.9 Å². The van der Waals surface area contributed by atoms with Crippen molar-refractivity contribution in [2.24, 2.45) is 0 Å². The summed E-state index contributed by atoms with van der Waals surface area (Å²) in [5, 5.41) is 9.72. The summed E-state index contributed by atoms with van der Waals surface area (Å²) in [6.45, 7) is 1.88. The molecule has 0 radical (unpaired) electrons. The SMILES string of the molecule is O=C(O)c1cccc2nc(N3CCSCC3)ncc12. The van der Waals surface area contributed by atoms with Gasteiger partial charge in [-0.2, -0.15) is 11.8 Å². The molecular formula is C13H13N3O2S. The van der Waals surface area contributed by atoms with Gasteiger partial charge in [0, 0.05) is 36.2 Å². The van der Waals surface area contributed by atoms with Gasteiger partial charge in [0.25, 0.3) is 0 Å². The van der Waals surface area contributed by atoms with Crippen LogP contribution in [0.2, 0.25) is 0 Å². The van der Waals surface area contributed by atoms with Crippen LogP contribution in [0.3, 0.4) is 0 Å². The van der Waals surface area contributed by atoms with E-state index in [2.05, 4.69) is 14.9 Å². The molecule has 98 valence electrons. The number of carboxylic acid groups (broad SMARTS) is 1. The van der Waals surface area contributed by atoms with Crippen molar-refractivity contribution in [3.63, 3.8) is 0 Å². The van der Waals surface area contributed by atoms with Crippen molar-refractivity contribution in [2.75, 3.05) is 29.5 Å².